The van der Waals surface area contributed by atoms with Gasteiger partial charge < -0.3 is 15.1 Å². The van der Waals surface area contributed by atoms with Gasteiger partial charge in [-0.25, -0.2) is 0 Å². The quantitative estimate of drug-likeness (QED) is 0.635. The number of amides is 2. The summed E-state index contributed by atoms with van der Waals surface area (Å²) in [6.07, 6.45) is 4.81. The number of hydrogen-bond acceptors (Lipinski definition) is 5. The molecule has 2 amide bonds. The highest BCUT2D eigenvalue weighted by molar-refractivity contribution is 9.10. The fourth-order valence-corrected chi connectivity index (χ4v) is 2.80. The van der Waals surface area contributed by atoms with Crippen LogP contribution >= 0.6 is 15.9 Å². The first kappa shape index (κ1) is 17.9. The molecule has 0 bridgehead atoms. The van der Waals surface area contributed by atoms with Crippen LogP contribution in [-0.2, 0) is 20.1 Å². The van der Waals surface area contributed by atoms with Crippen molar-refractivity contribution in [2.45, 2.75) is 20.0 Å². The first-order chi connectivity index (χ1) is 12.5. The van der Waals surface area contributed by atoms with Crippen molar-refractivity contribution in [3.05, 3.63) is 52.4 Å². The molecule has 0 aliphatic carbocycles. The number of carbonyl (C=O) groups is 2. The average Bonchev–Trinajstić information content (AvgIpc) is 3.32. The molecule has 10 heteroatoms. The van der Waals surface area contributed by atoms with Crippen LogP contribution in [0.25, 0.3) is 0 Å². The SMILES string of the molecule is CCn1cc(Br)c(C(=O)Nc2cn(C)nc2C(=O)NCc2ccco2)n1. The van der Waals surface area contributed by atoms with E-state index in [0.717, 1.165) is 0 Å². The van der Waals surface area contributed by atoms with Crippen LogP contribution in [0.5, 0.6) is 0 Å². The van der Waals surface area contributed by atoms with E-state index in [9.17, 15) is 9.59 Å². The summed E-state index contributed by atoms with van der Waals surface area (Å²) < 4.78 is 8.85. The predicted octanol–water partition coefficient (Wildman–Crippen LogP) is 2.17. The first-order valence-corrected chi connectivity index (χ1v) is 8.65. The fraction of sp³-hybridized carbons (Fsp3) is 0.250. The minimum atomic E-state index is -0.433. The van der Waals surface area contributed by atoms with E-state index in [1.165, 1.54) is 10.9 Å². The molecule has 0 aliphatic rings. The van der Waals surface area contributed by atoms with Gasteiger partial charge in [0.25, 0.3) is 11.8 Å². The number of aryl methyl sites for hydroxylation is 2. The van der Waals surface area contributed by atoms with Crippen LogP contribution in [0.4, 0.5) is 5.69 Å². The van der Waals surface area contributed by atoms with E-state index in [-0.39, 0.29) is 17.9 Å². The second kappa shape index (κ2) is 7.56. The minimum Gasteiger partial charge on any atom is -0.467 e. The second-order valence-electron chi connectivity index (χ2n) is 5.46. The Morgan fingerprint density at radius 3 is 2.69 bits per heavy atom. The molecule has 0 spiro atoms. The number of rotatable bonds is 6. The second-order valence-corrected chi connectivity index (χ2v) is 6.32. The van der Waals surface area contributed by atoms with E-state index >= 15 is 0 Å². The molecular formula is C16H17BrN6O3. The van der Waals surface area contributed by atoms with Crippen LogP contribution in [0, 0.1) is 0 Å². The summed E-state index contributed by atoms with van der Waals surface area (Å²) in [6.45, 7) is 2.78. The lowest BCUT2D eigenvalue weighted by atomic mass is 10.3. The van der Waals surface area contributed by atoms with Crippen LogP contribution in [0.2, 0.25) is 0 Å². The molecule has 0 aromatic carbocycles. The monoisotopic (exact) mass is 420 g/mol. The van der Waals surface area contributed by atoms with Crippen LogP contribution in [0.15, 0.2) is 39.7 Å². The number of aromatic nitrogens is 4. The highest BCUT2D eigenvalue weighted by atomic mass is 79.9. The van der Waals surface area contributed by atoms with Crippen molar-refractivity contribution in [1.82, 2.24) is 24.9 Å². The fourth-order valence-electron chi connectivity index (χ4n) is 2.31. The Morgan fingerprint density at radius 2 is 2.04 bits per heavy atom. The van der Waals surface area contributed by atoms with Gasteiger partial charge in [0.2, 0.25) is 0 Å². The zero-order valence-corrected chi connectivity index (χ0v) is 15.8. The molecule has 0 radical (unpaired) electrons. The van der Waals surface area contributed by atoms with E-state index in [4.69, 9.17) is 4.42 Å². The highest BCUT2D eigenvalue weighted by Crippen LogP contribution is 2.19. The highest BCUT2D eigenvalue weighted by Gasteiger charge is 2.21. The summed E-state index contributed by atoms with van der Waals surface area (Å²) >= 11 is 3.32. The van der Waals surface area contributed by atoms with Gasteiger partial charge in [0.05, 0.1) is 23.0 Å². The molecule has 136 valence electrons. The van der Waals surface area contributed by atoms with E-state index < -0.39 is 11.8 Å². The number of furan rings is 1. The van der Waals surface area contributed by atoms with Crippen molar-refractivity contribution in [3.8, 4) is 0 Å². The minimum absolute atomic E-state index is 0.110. The molecule has 3 rings (SSSR count). The van der Waals surface area contributed by atoms with Crippen molar-refractivity contribution in [1.29, 1.82) is 0 Å². The Balaban J connectivity index is 1.74. The molecule has 0 saturated carbocycles. The standard InChI is InChI=1S/C16H17BrN6O3/c1-3-23-8-11(17)13(21-23)16(25)19-12-9-22(2)20-14(12)15(24)18-7-10-5-4-6-26-10/h4-6,8-9H,3,7H2,1-2H3,(H,18,24)(H,19,25). The summed E-state index contributed by atoms with van der Waals surface area (Å²) in [6, 6.07) is 3.49. The third-order valence-corrected chi connectivity index (χ3v) is 4.13. The van der Waals surface area contributed by atoms with Crippen molar-refractivity contribution >= 4 is 33.4 Å². The summed E-state index contributed by atoms with van der Waals surface area (Å²) in [5.74, 6) is -0.235. The molecule has 2 N–H and O–H groups in total. The Kier molecular flexibility index (Phi) is 5.21. The molecule has 0 saturated heterocycles. The molecule has 9 nitrogen and oxygen atoms in total. The smallest absolute Gasteiger partial charge is 0.277 e. The molecule has 3 heterocycles. The van der Waals surface area contributed by atoms with E-state index in [1.807, 2.05) is 6.92 Å². The van der Waals surface area contributed by atoms with Gasteiger partial charge in [0, 0.05) is 26.0 Å². The summed E-state index contributed by atoms with van der Waals surface area (Å²) in [7, 11) is 1.67. The van der Waals surface area contributed by atoms with Gasteiger partial charge in [-0.1, -0.05) is 0 Å². The van der Waals surface area contributed by atoms with Crippen molar-refractivity contribution < 1.29 is 14.0 Å². The summed E-state index contributed by atoms with van der Waals surface area (Å²) in [4.78, 5) is 24.9. The first-order valence-electron chi connectivity index (χ1n) is 7.86. The molecular weight excluding hydrogens is 404 g/mol. The number of hydrogen-bond donors (Lipinski definition) is 2. The zero-order valence-electron chi connectivity index (χ0n) is 14.2. The van der Waals surface area contributed by atoms with Crippen LogP contribution < -0.4 is 10.6 Å². The number of halogens is 1. The van der Waals surface area contributed by atoms with Gasteiger partial charge in [0.15, 0.2) is 11.4 Å². The lowest BCUT2D eigenvalue weighted by Crippen LogP contribution is -2.25. The molecule has 0 aliphatic heterocycles. The third-order valence-electron chi connectivity index (χ3n) is 3.55. The topological polar surface area (TPSA) is 107 Å². The van der Waals surface area contributed by atoms with E-state index in [2.05, 4.69) is 36.8 Å². The predicted molar refractivity (Wildman–Crippen MR) is 96.6 cm³/mol. The lowest BCUT2D eigenvalue weighted by molar-refractivity contribution is 0.0943. The van der Waals surface area contributed by atoms with Crippen LogP contribution in [-0.4, -0.2) is 31.4 Å². The molecule has 3 aromatic rings. The van der Waals surface area contributed by atoms with E-state index in [1.54, 1.807) is 36.3 Å². The molecule has 0 fully saturated rings. The van der Waals surface area contributed by atoms with Crippen LogP contribution in [0.3, 0.4) is 0 Å². The number of nitrogens with zero attached hydrogens (tertiary/aromatic N) is 4. The maximum absolute atomic E-state index is 12.5. The largest absolute Gasteiger partial charge is 0.467 e. The number of anilines is 1. The van der Waals surface area contributed by atoms with Gasteiger partial charge in [0.1, 0.15) is 5.76 Å². The van der Waals surface area contributed by atoms with Gasteiger partial charge in [-0.2, -0.15) is 10.2 Å². The van der Waals surface area contributed by atoms with Crippen LogP contribution in [0.1, 0.15) is 33.7 Å². The molecule has 26 heavy (non-hydrogen) atoms. The van der Waals surface area contributed by atoms with Crippen molar-refractivity contribution in [3.63, 3.8) is 0 Å². The van der Waals surface area contributed by atoms with E-state index in [0.29, 0.717) is 22.5 Å². The van der Waals surface area contributed by atoms with Gasteiger partial charge >= 0.3 is 0 Å². The Bertz CT molecular complexity index is 928. The van der Waals surface area contributed by atoms with Crippen molar-refractivity contribution in [2.75, 3.05) is 5.32 Å². The van der Waals surface area contributed by atoms with Gasteiger partial charge in [-0.15, -0.1) is 0 Å². The number of nitrogens with one attached hydrogen (secondary N) is 2. The third kappa shape index (κ3) is 3.85. The molecule has 3 aromatic heterocycles. The van der Waals surface area contributed by atoms with Gasteiger partial charge in [-0.3, -0.25) is 19.0 Å². The average molecular weight is 421 g/mol. The Morgan fingerprint density at radius 1 is 1.23 bits per heavy atom. The zero-order chi connectivity index (χ0) is 18.7. The Labute approximate surface area is 157 Å². The maximum atomic E-state index is 12.5. The summed E-state index contributed by atoms with van der Waals surface area (Å²) in [5, 5.41) is 13.7. The number of carbonyl (C=O) groups excluding carboxylic acids is 2. The molecule has 0 atom stereocenters. The summed E-state index contributed by atoms with van der Waals surface area (Å²) in [5.41, 5.74) is 0.642. The lowest BCUT2D eigenvalue weighted by Gasteiger charge is -2.05. The maximum Gasteiger partial charge on any atom is 0.277 e. The normalized spacial score (nSPS) is 10.7. The van der Waals surface area contributed by atoms with Gasteiger partial charge in [-0.05, 0) is 35.0 Å². The molecule has 0 unspecified atom stereocenters. The Hall–Kier alpha value is -2.88. The van der Waals surface area contributed by atoms with Crippen molar-refractivity contribution in [2.24, 2.45) is 7.05 Å².